The second kappa shape index (κ2) is 4.72. The van der Waals surface area contributed by atoms with Gasteiger partial charge in [-0.25, -0.2) is 0 Å². The molecule has 2 rings (SSSR count). The molecule has 0 aromatic carbocycles. The van der Waals surface area contributed by atoms with Crippen molar-refractivity contribution in [3.8, 4) is 0 Å². The van der Waals surface area contributed by atoms with Crippen LogP contribution in [0.5, 0.6) is 0 Å². The molecule has 2 N–H and O–H groups in total. The van der Waals surface area contributed by atoms with E-state index in [1.54, 1.807) is 0 Å². The number of β-amino-alcohol motifs (C(OH)–C–C–N with tert-alkyl or cyclic N) is 1. The van der Waals surface area contributed by atoms with Crippen LogP contribution < -0.4 is 5.32 Å². The van der Waals surface area contributed by atoms with Crippen LogP contribution in [0.15, 0.2) is 0 Å². The average Bonchev–Trinajstić information content (AvgIpc) is 2.29. The Balaban J connectivity index is 1.99. The fourth-order valence-electron chi connectivity index (χ4n) is 2.76. The summed E-state index contributed by atoms with van der Waals surface area (Å²) in [5, 5.41) is 12.9. The van der Waals surface area contributed by atoms with Gasteiger partial charge in [-0.1, -0.05) is 0 Å². The molecule has 0 saturated carbocycles. The number of nitrogens with zero attached hydrogens (tertiary/aromatic N) is 1. The molecule has 0 spiro atoms. The van der Waals surface area contributed by atoms with E-state index < -0.39 is 0 Å². The zero-order valence-electron chi connectivity index (χ0n) is 10.0. The smallest absolute Gasteiger partial charge is 0.229 e. The van der Waals surface area contributed by atoms with Gasteiger partial charge in [-0.2, -0.15) is 0 Å². The van der Waals surface area contributed by atoms with Gasteiger partial charge in [0.2, 0.25) is 5.91 Å². The number of likely N-dealkylation sites (tertiary alicyclic amines) is 1. The molecule has 92 valence electrons. The van der Waals surface area contributed by atoms with Crippen LogP contribution in [0.2, 0.25) is 0 Å². The number of piperidine rings is 2. The Hall–Kier alpha value is -0.610. The lowest BCUT2D eigenvalue weighted by Gasteiger charge is -2.39. The second-order valence-corrected chi connectivity index (χ2v) is 5.39. The van der Waals surface area contributed by atoms with Crippen LogP contribution in [0.3, 0.4) is 0 Å². The van der Waals surface area contributed by atoms with Crippen LogP contribution >= 0.6 is 0 Å². The number of hydrogen-bond acceptors (Lipinski definition) is 3. The molecule has 0 radical (unpaired) electrons. The van der Waals surface area contributed by atoms with Crippen LogP contribution in [0.4, 0.5) is 0 Å². The highest BCUT2D eigenvalue weighted by Crippen LogP contribution is 2.29. The van der Waals surface area contributed by atoms with Crippen molar-refractivity contribution in [1.29, 1.82) is 0 Å². The quantitative estimate of drug-likeness (QED) is 0.679. The summed E-state index contributed by atoms with van der Waals surface area (Å²) in [6.45, 7) is 5.17. The molecule has 4 nitrogen and oxygen atoms in total. The van der Waals surface area contributed by atoms with Gasteiger partial charge in [0.05, 0.1) is 11.5 Å². The first kappa shape index (κ1) is 11.9. The summed E-state index contributed by atoms with van der Waals surface area (Å²) < 4.78 is 0. The molecule has 1 unspecified atom stereocenters. The minimum atomic E-state index is -0.321. The first-order valence-corrected chi connectivity index (χ1v) is 6.30. The molecule has 2 heterocycles. The van der Waals surface area contributed by atoms with E-state index in [0.717, 1.165) is 45.3 Å². The fraction of sp³-hybridized carbons (Fsp3) is 0.917. The van der Waals surface area contributed by atoms with Gasteiger partial charge in [-0.15, -0.1) is 0 Å². The predicted molar refractivity (Wildman–Crippen MR) is 62.0 cm³/mol. The largest absolute Gasteiger partial charge is 0.391 e. The third-order valence-corrected chi connectivity index (χ3v) is 3.80. The normalized spacial score (nSPS) is 36.1. The average molecular weight is 226 g/mol. The molecule has 0 bridgehead atoms. The number of aliphatic hydroxyl groups is 1. The first-order chi connectivity index (χ1) is 7.62. The molecule has 16 heavy (non-hydrogen) atoms. The van der Waals surface area contributed by atoms with Crippen molar-refractivity contribution in [3.63, 3.8) is 0 Å². The van der Waals surface area contributed by atoms with Crippen LogP contribution in [0.25, 0.3) is 0 Å². The third-order valence-electron chi connectivity index (χ3n) is 3.80. The van der Waals surface area contributed by atoms with E-state index in [1.807, 2.05) is 11.8 Å². The molecular weight excluding hydrogens is 204 g/mol. The Morgan fingerprint density at radius 2 is 2.31 bits per heavy atom. The second-order valence-electron chi connectivity index (χ2n) is 5.39. The number of hydrogen-bond donors (Lipinski definition) is 2. The molecule has 0 aliphatic carbocycles. The number of carbonyl (C=O) groups is 1. The summed E-state index contributed by atoms with van der Waals surface area (Å²) >= 11 is 0. The van der Waals surface area contributed by atoms with Crippen LogP contribution in [-0.4, -0.2) is 48.2 Å². The van der Waals surface area contributed by atoms with E-state index in [2.05, 4.69) is 5.32 Å². The molecule has 4 heteroatoms. The zero-order chi connectivity index (χ0) is 11.6. The Morgan fingerprint density at radius 1 is 1.50 bits per heavy atom. The van der Waals surface area contributed by atoms with E-state index in [-0.39, 0.29) is 17.4 Å². The molecule has 2 saturated heterocycles. The number of rotatable bonds is 1. The van der Waals surface area contributed by atoms with Gasteiger partial charge in [-0.3, -0.25) is 4.79 Å². The van der Waals surface area contributed by atoms with Crippen LogP contribution in [0, 0.1) is 5.41 Å². The van der Waals surface area contributed by atoms with Crippen molar-refractivity contribution in [1.82, 2.24) is 10.2 Å². The van der Waals surface area contributed by atoms with Gasteiger partial charge < -0.3 is 15.3 Å². The van der Waals surface area contributed by atoms with E-state index in [0.29, 0.717) is 6.54 Å². The summed E-state index contributed by atoms with van der Waals surface area (Å²) in [4.78, 5) is 14.2. The molecule has 2 aliphatic heterocycles. The highest BCUT2D eigenvalue weighted by Gasteiger charge is 2.38. The maximum absolute atomic E-state index is 12.4. The van der Waals surface area contributed by atoms with E-state index >= 15 is 0 Å². The first-order valence-electron chi connectivity index (χ1n) is 6.30. The van der Waals surface area contributed by atoms with Gasteiger partial charge in [-0.05, 0) is 39.2 Å². The molecule has 0 aromatic rings. The molecule has 2 fully saturated rings. The number of nitrogens with one attached hydrogen (secondary N) is 1. The molecule has 1 amide bonds. The number of carbonyl (C=O) groups excluding carboxylic acids is 1. The monoisotopic (exact) mass is 226 g/mol. The molecule has 2 atom stereocenters. The van der Waals surface area contributed by atoms with E-state index in [4.69, 9.17) is 0 Å². The van der Waals surface area contributed by atoms with Gasteiger partial charge in [0.1, 0.15) is 0 Å². The minimum absolute atomic E-state index is 0.221. The van der Waals surface area contributed by atoms with Gasteiger partial charge in [0.15, 0.2) is 0 Å². The zero-order valence-corrected chi connectivity index (χ0v) is 10.0. The minimum Gasteiger partial charge on any atom is -0.391 e. The van der Waals surface area contributed by atoms with Crippen molar-refractivity contribution in [2.75, 3.05) is 26.2 Å². The number of aliphatic hydroxyl groups excluding tert-OH is 1. The summed E-state index contributed by atoms with van der Waals surface area (Å²) in [5.41, 5.74) is -0.255. The van der Waals surface area contributed by atoms with Gasteiger partial charge in [0, 0.05) is 19.6 Å². The fourth-order valence-corrected chi connectivity index (χ4v) is 2.76. The van der Waals surface area contributed by atoms with E-state index in [9.17, 15) is 9.90 Å². The Kier molecular flexibility index (Phi) is 3.50. The van der Waals surface area contributed by atoms with Crippen LogP contribution in [0.1, 0.15) is 32.6 Å². The highest BCUT2D eigenvalue weighted by atomic mass is 16.3. The highest BCUT2D eigenvalue weighted by molar-refractivity contribution is 5.82. The lowest BCUT2D eigenvalue weighted by Crippen LogP contribution is -2.53. The van der Waals surface area contributed by atoms with Gasteiger partial charge >= 0.3 is 0 Å². The summed E-state index contributed by atoms with van der Waals surface area (Å²) in [6.07, 6.45) is 3.47. The Bertz CT molecular complexity index is 262. The van der Waals surface area contributed by atoms with E-state index in [1.165, 1.54) is 0 Å². The molecular formula is C12H22N2O2. The molecule has 0 aromatic heterocycles. The van der Waals surface area contributed by atoms with Crippen molar-refractivity contribution >= 4 is 5.91 Å². The summed E-state index contributed by atoms with van der Waals surface area (Å²) in [5.74, 6) is 0.221. The lowest BCUT2D eigenvalue weighted by atomic mass is 9.81. The van der Waals surface area contributed by atoms with Crippen LogP contribution in [-0.2, 0) is 4.79 Å². The lowest BCUT2D eigenvalue weighted by molar-refractivity contribution is -0.145. The SMILES string of the molecule is CC1(C(=O)N2CCC[C@H](O)C2)CCCNC1. The third kappa shape index (κ3) is 2.38. The maximum atomic E-state index is 12.4. The topological polar surface area (TPSA) is 52.6 Å². The predicted octanol–water partition coefficient (Wildman–Crippen LogP) is 0.359. The Morgan fingerprint density at radius 3 is 2.94 bits per heavy atom. The summed E-state index contributed by atoms with van der Waals surface area (Å²) in [7, 11) is 0. The Labute approximate surface area is 97.0 Å². The van der Waals surface area contributed by atoms with Crippen molar-refractivity contribution in [2.24, 2.45) is 5.41 Å². The van der Waals surface area contributed by atoms with Crippen molar-refractivity contribution in [2.45, 2.75) is 38.7 Å². The molecule has 2 aliphatic rings. The number of amides is 1. The van der Waals surface area contributed by atoms with Gasteiger partial charge in [0.25, 0.3) is 0 Å². The van der Waals surface area contributed by atoms with Crippen molar-refractivity contribution < 1.29 is 9.90 Å². The standard InChI is InChI=1S/C12H22N2O2/c1-12(5-3-6-13-9-12)11(16)14-7-2-4-10(15)8-14/h10,13,15H,2-9H2,1H3/t10-,12?/m0/s1. The summed E-state index contributed by atoms with van der Waals surface area (Å²) in [6, 6.07) is 0. The van der Waals surface area contributed by atoms with Crippen molar-refractivity contribution in [3.05, 3.63) is 0 Å². The maximum Gasteiger partial charge on any atom is 0.229 e.